The fraction of sp³-hybridized carbons (Fsp3) is 0. The van der Waals surface area contributed by atoms with E-state index in [0.29, 0.717) is 22.9 Å². The van der Waals surface area contributed by atoms with Crippen LogP contribution in [0, 0.1) is 0 Å². The lowest BCUT2D eigenvalue weighted by atomic mass is 10.2. The molecule has 1 amide bonds. The highest BCUT2D eigenvalue weighted by Crippen LogP contribution is 2.25. The molecule has 6 nitrogen and oxygen atoms in total. The number of nitrogens with one attached hydrogen (secondary N) is 1. The number of aromatic nitrogens is 3. The number of nitrogens with zero attached hydrogens (tertiary/aromatic N) is 2. The summed E-state index contributed by atoms with van der Waals surface area (Å²) in [6.45, 7) is 0. The van der Waals surface area contributed by atoms with Crippen LogP contribution in [-0.2, 0) is 0 Å². The topological polar surface area (TPSA) is 93.9 Å². The molecule has 0 fully saturated rings. The van der Waals surface area contributed by atoms with Gasteiger partial charge in [-0.2, -0.15) is 0 Å². The van der Waals surface area contributed by atoms with Gasteiger partial charge in [-0.3, -0.25) is 9.78 Å². The zero-order valence-corrected chi connectivity index (χ0v) is 13.1. The van der Waals surface area contributed by atoms with Crippen LogP contribution in [0.5, 0.6) is 11.5 Å². The number of primary amides is 1. The van der Waals surface area contributed by atoms with Crippen LogP contribution in [0.1, 0.15) is 10.4 Å². The third kappa shape index (κ3) is 3.05. The summed E-state index contributed by atoms with van der Waals surface area (Å²) in [4.78, 5) is 23.0. The molecule has 4 rings (SSSR count). The van der Waals surface area contributed by atoms with Gasteiger partial charge in [-0.1, -0.05) is 0 Å². The highest BCUT2D eigenvalue weighted by Gasteiger charge is 2.08. The summed E-state index contributed by atoms with van der Waals surface area (Å²) < 4.78 is 5.73. The van der Waals surface area contributed by atoms with Crippen molar-refractivity contribution in [2.45, 2.75) is 0 Å². The highest BCUT2D eigenvalue weighted by molar-refractivity contribution is 5.96. The Morgan fingerprint density at radius 3 is 2.60 bits per heavy atom. The minimum atomic E-state index is -0.463. The molecule has 122 valence electrons. The molecular formula is C19H14N4O2. The molecule has 0 aliphatic carbocycles. The summed E-state index contributed by atoms with van der Waals surface area (Å²) in [7, 11) is 0. The maximum absolute atomic E-state index is 11.3. The number of carbonyl (C=O) groups excluding carboxylic acids is 1. The number of nitrogens with two attached hydrogens (primary N) is 1. The van der Waals surface area contributed by atoms with E-state index in [1.165, 1.54) is 0 Å². The van der Waals surface area contributed by atoms with Gasteiger partial charge in [-0.25, -0.2) is 4.98 Å². The number of hydrogen-bond donors (Lipinski definition) is 2. The van der Waals surface area contributed by atoms with Crippen molar-refractivity contribution in [3.63, 3.8) is 0 Å². The van der Waals surface area contributed by atoms with Gasteiger partial charge in [0, 0.05) is 17.3 Å². The van der Waals surface area contributed by atoms with Crippen molar-refractivity contribution in [1.29, 1.82) is 0 Å². The van der Waals surface area contributed by atoms with Crippen LogP contribution < -0.4 is 10.5 Å². The molecule has 2 heterocycles. The standard InChI is InChI=1S/C19H14N4O2/c20-18(24)13-5-8-16-17(10-13)23-19(22-16)12-3-6-14(7-4-12)25-15-2-1-9-21-11-15/h1-11H,(H2,20,24)(H,22,23). The molecule has 0 saturated carbocycles. The first-order valence-electron chi connectivity index (χ1n) is 7.67. The number of rotatable bonds is 4. The normalized spacial score (nSPS) is 10.7. The zero-order chi connectivity index (χ0) is 17.2. The van der Waals surface area contributed by atoms with E-state index in [1.54, 1.807) is 30.6 Å². The maximum Gasteiger partial charge on any atom is 0.248 e. The van der Waals surface area contributed by atoms with Gasteiger partial charge in [-0.05, 0) is 54.6 Å². The Kier molecular flexibility index (Phi) is 3.63. The maximum atomic E-state index is 11.3. The molecule has 0 atom stereocenters. The van der Waals surface area contributed by atoms with Crippen LogP contribution >= 0.6 is 0 Å². The second kappa shape index (κ2) is 6.09. The summed E-state index contributed by atoms with van der Waals surface area (Å²) in [5.74, 6) is 1.64. The van der Waals surface area contributed by atoms with Gasteiger partial charge in [0.25, 0.3) is 0 Å². The van der Waals surface area contributed by atoms with Gasteiger partial charge >= 0.3 is 0 Å². The molecule has 0 saturated heterocycles. The molecular weight excluding hydrogens is 316 g/mol. The number of fused-ring (bicyclic) bond motifs is 1. The van der Waals surface area contributed by atoms with Crippen LogP contribution in [0.2, 0.25) is 0 Å². The van der Waals surface area contributed by atoms with E-state index in [4.69, 9.17) is 10.5 Å². The Morgan fingerprint density at radius 2 is 1.88 bits per heavy atom. The molecule has 0 aliphatic heterocycles. The first-order chi connectivity index (χ1) is 12.2. The van der Waals surface area contributed by atoms with Crippen LogP contribution in [0.25, 0.3) is 22.4 Å². The molecule has 4 aromatic rings. The summed E-state index contributed by atoms with van der Waals surface area (Å²) >= 11 is 0. The number of pyridine rings is 1. The Balaban J connectivity index is 1.61. The fourth-order valence-electron chi connectivity index (χ4n) is 2.52. The average Bonchev–Trinajstić information content (AvgIpc) is 3.06. The van der Waals surface area contributed by atoms with Crippen molar-refractivity contribution in [3.8, 4) is 22.9 Å². The lowest BCUT2D eigenvalue weighted by Crippen LogP contribution is -2.10. The van der Waals surface area contributed by atoms with Crippen LogP contribution in [0.15, 0.2) is 67.0 Å². The second-order valence-electron chi connectivity index (χ2n) is 5.50. The minimum absolute atomic E-state index is 0.447. The van der Waals surface area contributed by atoms with E-state index in [2.05, 4.69) is 15.0 Å². The highest BCUT2D eigenvalue weighted by atomic mass is 16.5. The molecule has 0 aliphatic rings. The van der Waals surface area contributed by atoms with E-state index in [0.717, 1.165) is 16.6 Å². The monoisotopic (exact) mass is 330 g/mol. The number of imidazole rings is 1. The van der Waals surface area contributed by atoms with Gasteiger partial charge in [0.1, 0.15) is 17.3 Å². The van der Waals surface area contributed by atoms with Gasteiger partial charge in [0.15, 0.2) is 0 Å². The number of benzene rings is 2. The number of H-pyrrole nitrogens is 1. The molecule has 6 heteroatoms. The third-order valence-corrected chi connectivity index (χ3v) is 3.76. The SMILES string of the molecule is NC(=O)c1ccc2nc(-c3ccc(Oc4cccnc4)cc3)[nH]c2c1. The minimum Gasteiger partial charge on any atom is -0.456 e. The van der Waals surface area contributed by atoms with Gasteiger partial charge in [0.2, 0.25) is 5.91 Å². The second-order valence-corrected chi connectivity index (χ2v) is 5.50. The third-order valence-electron chi connectivity index (χ3n) is 3.76. The van der Waals surface area contributed by atoms with Gasteiger partial charge in [-0.15, -0.1) is 0 Å². The van der Waals surface area contributed by atoms with E-state index in [9.17, 15) is 4.79 Å². The molecule has 0 radical (unpaired) electrons. The number of ether oxygens (including phenoxy) is 1. The van der Waals surface area contributed by atoms with Crippen molar-refractivity contribution >= 4 is 16.9 Å². The quantitative estimate of drug-likeness (QED) is 0.598. The number of aromatic amines is 1. The smallest absolute Gasteiger partial charge is 0.248 e. The van der Waals surface area contributed by atoms with Gasteiger partial charge < -0.3 is 15.5 Å². The van der Waals surface area contributed by atoms with E-state index < -0.39 is 5.91 Å². The Morgan fingerprint density at radius 1 is 1.04 bits per heavy atom. The molecule has 0 bridgehead atoms. The van der Waals surface area contributed by atoms with E-state index in [-0.39, 0.29) is 0 Å². The van der Waals surface area contributed by atoms with Crippen molar-refractivity contribution < 1.29 is 9.53 Å². The van der Waals surface area contributed by atoms with Crippen LogP contribution in [-0.4, -0.2) is 20.9 Å². The zero-order valence-electron chi connectivity index (χ0n) is 13.1. The Bertz CT molecular complexity index is 1040. The summed E-state index contributed by atoms with van der Waals surface area (Å²) in [6.07, 6.45) is 3.35. The van der Waals surface area contributed by atoms with Crippen molar-refractivity contribution in [3.05, 3.63) is 72.6 Å². The number of hydrogen-bond acceptors (Lipinski definition) is 4. The summed E-state index contributed by atoms with van der Waals surface area (Å²) in [6, 6.07) is 16.4. The van der Waals surface area contributed by atoms with Gasteiger partial charge in [0.05, 0.1) is 17.2 Å². The number of carbonyl (C=O) groups is 1. The first kappa shape index (κ1) is 14.9. The molecule has 3 N–H and O–H groups in total. The summed E-state index contributed by atoms with van der Waals surface area (Å²) in [5.41, 5.74) is 8.21. The van der Waals surface area contributed by atoms with Crippen molar-refractivity contribution in [2.24, 2.45) is 5.73 Å². The Hall–Kier alpha value is -3.67. The van der Waals surface area contributed by atoms with E-state index in [1.807, 2.05) is 36.4 Å². The Labute approximate surface area is 143 Å². The molecule has 2 aromatic heterocycles. The molecule has 25 heavy (non-hydrogen) atoms. The first-order valence-corrected chi connectivity index (χ1v) is 7.67. The summed E-state index contributed by atoms with van der Waals surface area (Å²) in [5, 5.41) is 0. The molecule has 2 aromatic carbocycles. The largest absolute Gasteiger partial charge is 0.456 e. The molecule has 0 spiro atoms. The number of amides is 1. The lowest BCUT2D eigenvalue weighted by molar-refractivity contribution is 0.100. The predicted octanol–water partition coefficient (Wildman–Crippen LogP) is 3.52. The lowest BCUT2D eigenvalue weighted by Gasteiger charge is -2.05. The van der Waals surface area contributed by atoms with Crippen LogP contribution in [0.3, 0.4) is 0 Å². The average molecular weight is 330 g/mol. The van der Waals surface area contributed by atoms with Crippen molar-refractivity contribution in [2.75, 3.05) is 0 Å². The fourth-order valence-corrected chi connectivity index (χ4v) is 2.52. The van der Waals surface area contributed by atoms with E-state index >= 15 is 0 Å². The predicted molar refractivity (Wildman–Crippen MR) is 94.4 cm³/mol. The van der Waals surface area contributed by atoms with Crippen LogP contribution in [0.4, 0.5) is 0 Å². The van der Waals surface area contributed by atoms with Crippen molar-refractivity contribution in [1.82, 2.24) is 15.0 Å². The molecule has 0 unspecified atom stereocenters.